The van der Waals surface area contributed by atoms with Crippen LogP contribution in [-0.2, 0) is 6.61 Å². The normalized spacial score (nSPS) is 10.2. The summed E-state index contributed by atoms with van der Waals surface area (Å²) in [5.74, 6) is -1.86. The lowest BCUT2D eigenvalue weighted by molar-refractivity contribution is 0.0696. The predicted molar refractivity (Wildman–Crippen MR) is 69.1 cm³/mol. The van der Waals surface area contributed by atoms with Crippen LogP contribution in [0.1, 0.15) is 15.9 Å². The van der Waals surface area contributed by atoms with Gasteiger partial charge in [-0.3, -0.25) is 0 Å². The Morgan fingerprint density at radius 3 is 2.47 bits per heavy atom. The van der Waals surface area contributed by atoms with Gasteiger partial charge in [0.2, 0.25) is 0 Å². The Hall–Kier alpha value is -2.07. The van der Waals surface area contributed by atoms with Gasteiger partial charge in [0.1, 0.15) is 6.61 Å². The minimum atomic E-state index is -1.18. The molecule has 0 spiro atoms. The molecule has 0 radical (unpaired) electrons. The lowest BCUT2D eigenvalue weighted by atomic mass is 10.2. The van der Waals surface area contributed by atoms with Gasteiger partial charge in [-0.15, -0.1) is 0 Å². The van der Waals surface area contributed by atoms with Crippen LogP contribution in [0, 0.1) is 5.82 Å². The zero-order valence-corrected chi connectivity index (χ0v) is 10.5. The molecule has 2 aromatic rings. The van der Waals surface area contributed by atoms with Crippen molar-refractivity contribution in [3.8, 4) is 5.75 Å². The largest absolute Gasteiger partial charge is 0.486 e. The Labute approximate surface area is 114 Å². The molecule has 98 valence electrons. The fourth-order valence-electron chi connectivity index (χ4n) is 1.49. The number of hydrogen-bond donors (Lipinski definition) is 1. The van der Waals surface area contributed by atoms with E-state index in [0.29, 0.717) is 5.02 Å². The van der Waals surface area contributed by atoms with Gasteiger partial charge >= 0.3 is 5.97 Å². The Bertz CT molecular complexity index is 596. The summed E-state index contributed by atoms with van der Waals surface area (Å²) in [4.78, 5) is 10.7. The molecule has 0 saturated heterocycles. The molecule has 0 aromatic heterocycles. The maximum absolute atomic E-state index is 13.6. The van der Waals surface area contributed by atoms with Gasteiger partial charge in [-0.05, 0) is 35.9 Å². The molecule has 0 heterocycles. The third-order valence-electron chi connectivity index (χ3n) is 2.49. The topological polar surface area (TPSA) is 46.5 Å². The number of benzene rings is 2. The number of carboxylic acids is 1. The SMILES string of the molecule is O=C(O)c1ccc(OCc2ccc(Cl)cc2)c(F)c1. The van der Waals surface area contributed by atoms with Crippen molar-refractivity contribution in [2.45, 2.75) is 6.61 Å². The molecule has 0 bridgehead atoms. The Morgan fingerprint density at radius 2 is 1.89 bits per heavy atom. The monoisotopic (exact) mass is 280 g/mol. The number of carboxylic acid groups (broad SMARTS) is 1. The Kier molecular flexibility index (Phi) is 4.02. The molecular weight excluding hydrogens is 271 g/mol. The number of rotatable bonds is 4. The van der Waals surface area contributed by atoms with E-state index in [9.17, 15) is 9.18 Å². The number of aromatic carboxylic acids is 1. The van der Waals surface area contributed by atoms with Gasteiger partial charge in [0.15, 0.2) is 11.6 Å². The molecule has 3 nitrogen and oxygen atoms in total. The van der Waals surface area contributed by atoms with Crippen LogP contribution < -0.4 is 4.74 Å². The van der Waals surface area contributed by atoms with Crippen molar-refractivity contribution in [1.29, 1.82) is 0 Å². The van der Waals surface area contributed by atoms with E-state index in [4.69, 9.17) is 21.4 Å². The lowest BCUT2D eigenvalue weighted by Crippen LogP contribution is -2.00. The summed E-state index contributed by atoms with van der Waals surface area (Å²) in [5, 5.41) is 9.33. The van der Waals surface area contributed by atoms with E-state index in [1.807, 2.05) is 0 Å². The molecule has 1 N–H and O–H groups in total. The quantitative estimate of drug-likeness (QED) is 0.927. The molecule has 0 amide bonds. The second-order valence-electron chi connectivity index (χ2n) is 3.87. The highest BCUT2D eigenvalue weighted by atomic mass is 35.5. The maximum Gasteiger partial charge on any atom is 0.335 e. The molecule has 0 aliphatic heterocycles. The number of ether oxygens (including phenoxy) is 1. The minimum Gasteiger partial charge on any atom is -0.486 e. The van der Waals surface area contributed by atoms with E-state index in [2.05, 4.69) is 0 Å². The summed E-state index contributed by atoms with van der Waals surface area (Å²) in [6.45, 7) is 0.181. The molecule has 2 rings (SSSR count). The first kappa shape index (κ1) is 13.4. The maximum atomic E-state index is 13.6. The van der Waals surface area contributed by atoms with Crippen molar-refractivity contribution in [2.24, 2.45) is 0 Å². The molecule has 2 aromatic carbocycles. The molecule has 0 saturated carbocycles. The third-order valence-corrected chi connectivity index (χ3v) is 2.74. The van der Waals surface area contributed by atoms with Gasteiger partial charge in [0.25, 0.3) is 0 Å². The zero-order chi connectivity index (χ0) is 13.8. The Morgan fingerprint density at radius 1 is 1.21 bits per heavy atom. The average Bonchev–Trinajstić information content (AvgIpc) is 2.39. The van der Waals surface area contributed by atoms with E-state index in [-0.39, 0.29) is 17.9 Å². The van der Waals surface area contributed by atoms with Crippen LogP contribution in [0.15, 0.2) is 42.5 Å². The summed E-state index contributed by atoms with van der Waals surface area (Å²) in [6, 6.07) is 10.5. The van der Waals surface area contributed by atoms with Gasteiger partial charge in [-0.25, -0.2) is 9.18 Å². The van der Waals surface area contributed by atoms with Gasteiger partial charge in [-0.2, -0.15) is 0 Å². The number of hydrogen-bond acceptors (Lipinski definition) is 2. The summed E-state index contributed by atoms with van der Waals surface area (Å²) in [6.07, 6.45) is 0. The van der Waals surface area contributed by atoms with Gasteiger partial charge < -0.3 is 9.84 Å². The predicted octanol–water partition coefficient (Wildman–Crippen LogP) is 3.76. The fraction of sp³-hybridized carbons (Fsp3) is 0.0714. The van der Waals surface area contributed by atoms with Crippen molar-refractivity contribution in [3.63, 3.8) is 0 Å². The lowest BCUT2D eigenvalue weighted by Gasteiger charge is -2.08. The summed E-state index contributed by atoms with van der Waals surface area (Å²) in [7, 11) is 0. The second kappa shape index (κ2) is 5.71. The first-order valence-electron chi connectivity index (χ1n) is 5.46. The smallest absolute Gasteiger partial charge is 0.335 e. The molecule has 0 atom stereocenters. The highest BCUT2D eigenvalue weighted by molar-refractivity contribution is 6.30. The van der Waals surface area contributed by atoms with E-state index < -0.39 is 11.8 Å². The summed E-state index contributed by atoms with van der Waals surface area (Å²) in [5.41, 5.74) is 0.724. The molecular formula is C14H10ClFO3. The van der Waals surface area contributed by atoms with Gasteiger partial charge in [0.05, 0.1) is 5.56 Å². The summed E-state index contributed by atoms with van der Waals surface area (Å²) < 4.78 is 18.9. The van der Waals surface area contributed by atoms with Crippen LogP contribution in [0.25, 0.3) is 0 Å². The van der Waals surface area contributed by atoms with Crippen molar-refractivity contribution >= 4 is 17.6 Å². The highest BCUT2D eigenvalue weighted by Crippen LogP contribution is 2.20. The number of carbonyl (C=O) groups is 1. The van der Waals surface area contributed by atoms with Gasteiger partial charge in [-0.1, -0.05) is 23.7 Å². The van der Waals surface area contributed by atoms with Crippen molar-refractivity contribution in [3.05, 3.63) is 64.4 Å². The molecule has 0 aliphatic carbocycles. The van der Waals surface area contributed by atoms with Crippen LogP contribution in [0.2, 0.25) is 5.02 Å². The van der Waals surface area contributed by atoms with Crippen LogP contribution in [-0.4, -0.2) is 11.1 Å². The van der Waals surface area contributed by atoms with E-state index in [1.54, 1.807) is 24.3 Å². The summed E-state index contributed by atoms with van der Waals surface area (Å²) >= 11 is 5.74. The van der Waals surface area contributed by atoms with Crippen LogP contribution in [0.3, 0.4) is 0 Å². The molecule has 0 aliphatic rings. The first-order chi connectivity index (χ1) is 9.06. The molecule has 5 heteroatoms. The van der Waals surface area contributed by atoms with Crippen LogP contribution in [0.4, 0.5) is 4.39 Å². The Balaban J connectivity index is 2.07. The van der Waals surface area contributed by atoms with Crippen LogP contribution >= 0.6 is 11.6 Å². The minimum absolute atomic E-state index is 0.0138. The number of halogens is 2. The van der Waals surface area contributed by atoms with Crippen molar-refractivity contribution in [2.75, 3.05) is 0 Å². The van der Waals surface area contributed by atoms with Crippen LogP contribution in [0.5, 0.6) is 5.75 Å². The molecule has 0 fully saturated rings. The zero-order valence-electron chi connectivity index (χ0n) is 9.77. The third kappa shape index (κ3) is 3.45. The standard InChI is InChI=1S/C14H10ClFO3/c15-11-4-1-9(2-5-11)8-19-13-6-3-10(14(17)18)7-12(13)16/h1-7H,8H2,(H,17,18). The van der Waals surface area contributed by atoms with E-state index in [0.717, 1.165) is 11.6 Å². The van der Waals surface area contributed by atoms with E-state index in [1.165, 1.54) is 12.1 Å². The van der Waals surface area contributed by atoms with Crippen molar-refractivity contribution < 1.29 is 19.0 Å². The van der Waals surface area contributed by atoms with Gasteiger partial charge in [0, 0.05) is 5.02 Å². The van der Waals surface area contributed by atoms with E-state index >= 15 is 0 Å². The average molecular weight is 281 g/mol. The molecule has 19 heavy (non-hydrogen) atoms. The fourth-order valence-corrected chi connectivity index (χ4v) is 1.62. The first-order valence-corrected chi connectivity index (χ1v) is 5.84. The second-order valence-corrected chi connectivity index (χ2v) is 4.30. The molecule has 0 unspecified atom stereocenters. The van der Waals surface area contributed by atoms with Crippen molar-refractivity contribution in [1.82, 2.24) is 0 Å². The highest BCUT2D eigenvalue weighted by Gasteiger charge is 2.09.